The summed E-state index contributed by atoms with van der Waals surface area (Å²) in [4.78, 5) is 25.1. The van der Waals surface area contributed by atoms with Crippen molar-refractivity contribution in [1.82, 2.24) is 4.90 Å². The van der Waals surface area contributed by atoms with Gasteiger partial charge in [0.2, 0.25) is 0 Å². The first-order chi connectivity index (χ1) is 8.22. The van der Waals surface area contributed by atoms with Crippen molar-refractivity contribution < 1.29 is 9.59 Å². The van der Waals surface area contributed by atoms with E-state index in [1.54, 1.807) is 12.1 Å². The molecule has 1 aliphatic rings. The van der Waals surface area contributed by atoms with E-state index in [1.165, 1.54) is 0 Å². The van der Waals surface area contributed by atoms with E-state index in [4.69, 9.17) is 0 Å². The van der Waals surface area contributed by atoms with Gasteiger partial charge in [0.05, 0.1) is 5.56 Å². The van der Waals surface area contributed by atoms with E-state index in [2.05, 4.69) is 0 Å². The van der Waals surface area contributed by atoms with Gasteiger partial charge in [-0.2, -0.15) is 11.8 Å². The molecule has 0 spiro atoms. The zero-order valence-electron chi connectivity index (χ0n) is 9.81. The second-order valence-electron chi connectivity index (χ2n) is 4.11. The van der Waals surface area contributed by atoms with Gasteiger partial charge in [-0.15, -0.1) is 0 Å². The van der Waals surface area contributed by atoms with Crippen LogP contribution in [0.15, 0.2) is 18.2 Å². The standard InChI is InChI=1S/C13H15NO2S/c1-10-2-3-12(11(8-10)9-15)13(16)14-4-6-17-7-5-14/h2-3,8-9H,4-7H2,1H3. The van der Waals surface area contributed by atoms with Gasteiger partial charge in [0.15, 0.2) is 6.29 Å². The van der Waals surface area contributed by atoms with Crippen LogP contribution in [0.3, 0.4) is 0 Å². The molecule has 2 rings (SSSR count). The highest BCUT2D eigenvalue weighted by molar-refractivity contribution is 7.99. The fraction of sp³-hybridized carbons (Fsp3) is 0.385. The van der Waals surface area contributed by atoms with Crippen LogP contribution in [0.1, 0.15) is 26.3 Å². The van der Waals surface area contributed by atoms with E-state index < -0.39 is 0 Å². The van der Waals surface area contributed by atoms with Gasteiger partial charge in [0.1, 0.15) is 0 Å². The van der Waals surface area contributed by atoms with Crippen LogP contribution in [-0.2, 0) is 0 Å². The number of carbonyl (C=O) groups excluding carboxylic acids is 2. The molecule has 0 atom stereocenters. The normalized spacial score (nSPS) is 15.7. The third-order valence-electron chi connectivity index (χ3n) is 2.86. The molecule has 1 saturated heterocycles. The molecular weight excluding hydrogens is 234 g/mol. The third kappa shape index (κ3) is 2.69. The number of aldehydes is 1. The Balaban J connectivity index is 2.26. The summed E-state index contributed by atoms with van der Waals surface area (Å²) in [5, 5.41) is 0. The van der Waals surface area contributed by atoms with Gasteiger partial charge < -0.3 is 4.90 Å². The quantitative estimate of drug-likeness (QED) is 0.752. The number of amides is 1. The SMILES string of the molecule is Cc1ccc(C(=O)N2CCSCC2)c(C=O)c1. The Labute approximate surface area is 105 Å². The van der Waals surface area contributed by atoms with Crippen molar-refractivity contribution in [2.45, 2.75) is 6.92 Å². The minimum Gasteiger partial charge on any atom is -0.337 e. The van der Waals surface area contributed by atoms with E-state index >= 15 is 0 Å². The molecule has 3 nitrogen and oxygen atoms in total. The summed E-state index contributed by atoms with van der Waals surface area (Å²) >= 11 is 1.86. The van der Waals surface area contributed by atoms with E-state index in [0.717, 1.165) is 36.4 Å². The van der Waals surface area contributed by atoms with Gasteiger partial charge in [-0.1, -0.05) is 11.6 Å². The van der Waals surface area contributed by atoms with Crippen molar-refractivity contribution >= 4 is 24.0 Å². The first-order valence-corrected chi connectivity index (χ1v) is 6.80. The van der Waals surface area contributed by atoms with Crippen LogP contribution in [0, 0.1) is 6.92 Å². The minimum atomic E-state index is -0.0209. The largest absolute Gasteiger partial charge is 0.337 e. The molecule has 1 aromatic rings. The predicted molar refractivity (Wildman–Crippen MR) is 69.8 cm³/mol. The van der Waals surface area contributed by atoms with Crippen molar-refractivity contribution in [2.75, 3.05) is 24.6 Å². The van der Waals surface area contributed by atoms with Crippen LogP contribution in [0.4, 0.5) is 0 Å². The topological polar surface area (TPSA) is 37.4 Å². The van der Waals surface area contributed by atoms with Crippen molar-refractivity contribution in [1.29, 1.82) is 0 Å². The van der Waals surface area contributed by atoms with Gasteiger partial charge in [-0.05, 0) is 19.1 Å². The molecule has 1 heterocycles. The van der Waals surface area contributed by atoms with Crippen LogP contribution >= 0.6 is 11.8 Å². The molecule has 1 amide bonds. The van der Waals surface area contributed by atoms with Crippen LogP contribution in [0.2, 0.25) is 0 Å². The first kappa shape index (κ1) is 12.2. The zero-order chi connectivity index (χ0) is 12.3. The van der Waals surface area contributed by atoms with Gasteiger partial charge in [0.25, 0.3) is 5.91 Å². The Hall–Kier alpha value is -1.29. The fourth-order valence-corrected chi connectivity index (χ4v) is 2.81. The van der Waals surface area contributed by atoms with Crippen molar-refractivity contribution in [3.8, 4) is 0 Å². The lowest BCUT2D eigenvalue weighted by Crippen LogP contribution is -2.38. The summed E-state index contributed by atoms with van der Waals surface area (Å²) in [6.07, 6.45) is 0.763. The van der Waals surface area contributed by atoms with Gasteiger partial charge in [-0.3, -0.25) is 9.59 Å². The Bertz CT molecular complexity index is 439. The molecule has 1 fully saturated rings. The zero-order valence-corrected chi connectivity index (χ0v) is 10.6. The summed E-state index contributed by atoms with van der Waals surface area (Å²) < 4.78 is 0. The highest BCUT2D eigenvalue weighted by atomic mass is 32.2. The molecule has 0 bridgehead atoms. The average molecular weight is 249 g/mol. The number of thioether (sulfide) groups is 1. The smallest absolute Gasteiger partial charge is 0.254 e. The number of benzene rings is 1. The van der Waals surface area contributed by atoms with E-state index in [0.29, 0.717) is 11.1 Å². The molecule has 0 aromatic heterocycles. The highest BCUT2D eigenvalue weighted by Gasteiger charge is 2.20. The van der Waals surface area contributed by atoms with E-state index in [-0.39, 0.29) is 5.91 Å². The Morgan fingerprint density at radius 3 is 2.71 bits per heavy atom. The van der Waals surface area contributed by atoms with Gasteiger partial charge in [0, 0.05) is 30.2 Å². The van der Waals surface area contributed by atoms with Crippen molar-refractivity contribution in [3.05, 3.63) is 34.9 Å². The molecule has 90 valence electrons. The van der Waals surface area contributed by atoms with E-state index in [9.17, 15) is 9.59 Å². The molecular formula is C13H15NO2S. The summed E-state index contributed by atoms with van der Waals surface area (Å²) in [6, 6.07) is 5.39. The molecule has 17 heavy (non-hydrogen) atoms. The number of nitrogens with zero attached hydrogens (tertiary/aromatic N) is 1. The minimum absolute atomic E-state index is 0.0209. The number of hydrogen-bond acceptors (Lipinski definition) is 3. The van der Waals surface area contributed by atoms with Crippen LogP contribution in [0.5, 0.6) is 0 Å². The lowest BCUT2D eigenvalue weighted by Gasteiger charge is -2.26. The molecule has 0 N–H and O–H groups in total. The number of rotatable bonds is 2. The molecule has 1 aromatic carbocycles. The summed E-state index contributed by atoms with van der Waals surface area (Å²) in [5.41, 5.74) is 2.02. The lowest BCUT2D eigenvalue weighted by atomic mass is 10.0. The van der Waals surface area contributed by atoms with Crippen LogP contribution < -0.4 is 0 Å². The predicted octanol–water partition coefficient (Wildman–Crippen LogP) is 2.00. The maximum Gasteiger partial charge on any atom is 0.254 e. The van der Waals surface area contributed by atoms with Crippen LogP contribution in [0.25, 0.3) is 0 Å². The molecule has 0 aliphatic carbocycles. The van der Waals surface area contributed by atoms with Crippen molar-refractivity contribution in [3.63, 3.8) is 0 Å². The Kier molecular flexibility index (Phi) is 3.84. The Morgan fingerprint density at radius 1 is 1.35 bits per heavy atom. The number of hydrogen-bond donors (Lipinski definition) is 0. The van der Waals surface area contributed by atoms with Crippen molar-refractivity contribution in [2.24, 2.45) is 0 Å². The lowest BCUT2D eigenvalue weighted by molar-refractivity contribution is 0.0769. The third-order valence-corrected chi connectivity index (χ3v) is 3.81. The number of carbonyl (C=O) groups is 2. The average Bonchev–Trinajstić information content (AvgIpc) is 2.39. The molecule has 1 aliphatic heterocycles. The monoisotopic (exact) mass is 249 g/mol. The highest BCUT2D eigenvalue weighted by Crippen LogP contribution is 2.16. The van der Waals surface area contributed by atoms with Gasteiger partial charge in [-0.25, -0.2) is 0 Å². The second-order valence-corrected chi connectivity index (χ2v) is 5.34. The summed E-state index contributed by atoms with van der Waals surface area (Å²) in [6.45, 7) is 3.46. The fourth-order valence-electron chi connectivity index (χ4n) is 1.91. The molecule has 0 saturated carbocycles. The molecule has 4 heteroatoms. The number of aryl methyl sites for hydroxylation is 1. The maximum atomic E-state index is 12.2. The maximum absolute atomic E-state index is 12.2. The summed E-state index contributed by atoms with van der Waals surface area (Å²) in [5.74, 6) is 1.94. The molecule has 0 unspecified atom stereocenters. The first-order valence-electron chi connectivity index (χ1n) is 5.65. The van der Waals surface area contributed by atoms with Crippen LogP contribution in [-0.4, -0.2) is 41.7 Å². The summed E-state index contributed by atoms with van der Waals surface area (Å²) in [7, 11) is 0. The molecule has 0 radical (unpaired) electrons. The Morgan fingerprint density at radius 2 is 2.06 bits per heavy atom. The second kappa shape index (κ2) is 5.36. The van der Waals surface area contributed by atoms with E-state index in [1.807, 2.05) is 29.7 Å². The van der Waals surface area contributed by atoms with Gasteiger partial charge >= 0.3 is 0 Å².